The molecule has 0 bridgehead atoms. The summed E-state index contributed by atoms with van der Waals surface area (Å²) in [6.07, 6.45) is 1.99. The summed E-state index contributed by atoms with van der Waals surface area (Å²) in [5, 5.41) is 32.5. The molecule has 3 fully saturated rings. The highest BCUT2D eigenvalue weighted by Crippen LogP contribution is 2.65. The minimum atomic E-state index is -1.47. The number of carboxylic acid groups (broad SMARTS) is 1. The second-order valence-electron chi connectivity index (χ2n) is 13.5. The number of amides is 4. The number of benzene rings is 4. The maximum atomic E-state index is 14.7. The summed E-state index contributed by atoms with van der Waals surface area (Å²) in [7, 11) is 0. The van der Waals surface area contributed by atoms with Crippen LogP contribution in [0.3, 0.4) is 0 Å². The standard InChI is InChI=1S/C38H28ClFN2O8/c1-38-25(34(46)42(37(38)50)18-8-12-27(40)26(39)14-18)16-24-21(32(38)31-20-5-3-2-4-17(20)6-13-28(31)43)10-11-23-30(24)35(47)41(33(23)45)19-7-9-22(36(48)49)29(44)15-19/h2-10,12-15,23-25,30,32,43-44H,11,16H2,1H3,(H,48,49). The Morgan fingerprint density at radius 3 is 2.30 bits per heavy atom. The fraction of sp³-hybridized carbons (Fsp3) is 0.237. The smallest absolute Gasteiger partial charge is 0.339 e. The SMILES string of the molecule is CC12C(=O)N(c3ccc(F)c(Cl)c3)C(=O)C1CC1C(=CCC3C(=O)N(c4ccc(C(=O)O)c(O)c4)C(=O)C31)C2c1c(O)ccc2ccccc12. The predicted molar refractivity (Wildman–Crippen MR) is 179 cm³/mol. The normalized spacial score (nSPS) is 27.3. The molecule has 0 aromatic heterocycles. The van der Waals surface area contributed by atoms with Gasteiger partial charge in [-0.15, -0.1) is 0 Å². The van der Waals surface area contributed by atoms with E-state index in [4.69, 9.17) is 11.6 Å². The van der Waals surface area contributed by atoms with Crippen molar-refractivity contribution in [3.05, 3.63) is 106 Å². The molecule has 8 rings (SSSR count). The van der Waals surface area contributed by atoms with Crippen molar-refractivity contribution in [1.82, 2.24) is 0 Å². The van der Waals surface area contributed by atoms with Gasteiger partial charge in [0.1, 0.15) is 22.9 Å². The van der Waals surface area contributed by atoms with Gasteiger partial charge in [-0.1, -0.05) is 53.6 Å². The van der Waals surface area contributed by atoms with Gasteiger partial charge in [0.2, 0.25) is 23.6 Å². The first kappa shape index (κ1) is 31.7. The Kier molecular flexibility index (Phi) is 6.96. The summed E-state index contributed by atoms with van der Waals surface area (Å²) in [5.41, 5.74) is -0.723. The van der Waals surface area contributed by atoms with E-state index >= 15 is 0 Å². The summed E-state index contributed by atoms with van der Waals surface area (Å²) in [6.45, 7) is 1.68. The quantitative estimate of drug-likeness (QED) is 0.169. The van der Waals surface area contributed by atoms with Crippen LogP contribution >= 0.6 is 11.6 Å². The number of rotatable bonds is 4. The van der Waals surface area contributed by atoms with Gasteiger partial charge in [-0.2, -0.15) is 0 Å². The third-order valence-corrected chi connectivity index (χ3v) is 11.4. The highest BCUT2D eigenvalue weighted by Gasteiger charge is 2.68. The Morgan fingerprint density at radius 2 is 1.58 bits per heavy atom. The van der Waals surface area contributed by atoms with Gasteiger partial charge in [0, 0.05) is 17.5 Å². The maximum absolute atomic E-state index is 14.7. The van der Waals surface area contributed by atoms with Crippen LogP contribution in [0.5, 0.6) is 11.5 Å². The van der Waals surface area contributed by atoms with Crippen LogP contribution in [0.4, 0.5) is 15.8 Å². The van der Waals surface area contributed by atoms with Crippen molar-refractivity contribution in [2.24, 2.45) is 29.1 Å². The van der Waals surface area contributed by atoms with Gasteiger partial charge in [0.05, 0.1) is 39.6 Å². The molecule has 2 aliphatic heterocycles. The largest absolute Gasteiger partial charge is 0.508 e. The van der Waals surface area contributed by atoms with E-state index in [9.17, 15) is 43.7 Å². The third kappa shape index (κ3) is 4.22. The van der Waals surface area contributed by atoms with Gasteiger partial charge < -0.3 is 15.3 Å². The zero-order valence-corrected chi connectivity index (χ0v) is 27.1. The molecular formula is C38H28ClFN2O8. The van der Waals surface area contributed by atoms with Crippen LogP contribution in [-0.2, 0) is 19.2 Å². The minimum absolute atomic E-state index is 0.00818. The van der Waals surface area contributed by atoms with E-state index in [1.54, 1.807) is 19.1 Å². The third-order valence-electron chi connectivity index (χ3n) is 11.1. The molecule has 0 radical (unpaired) electrons. The number of anilines is 2. The zero-order chi connectivity index (χ0) is 35.4. The molecule has 4 aromatic carbocycles. The number of hydrogen-bond donors (Lipinski definition) is 3. The number of phenols is 2. The molecule has 12 heteroatoms. The number of nitrogens with zero attached hydrogens (tertiary/aromatic N) is 2. The Morgan fingerprint density at radius 1 is 0.860 bits per heavy atom. The van der Waals surface area contributed by atoms with Gasteiger partial charge in [-0.25, -0.2) is 19.0 Å². The van der Waals surface area contributed by atoms with Crippen LogP contribution in [0.25, 0.3) is 10.8 Å². The van der Waals surface area contributed by atoms with E-state index < -0.39 is 81.7 Å². The maximum Gasteiger partial charge on any atom is 0.339 e. The first-order valence-corrected chi connectivity index (χ1v) is 16.4. The molecule has 2 heterocycles. The summed E-state index contributed by atoms with van der Waals surface area (Å²) in [4.78, 5) is 70.9. The molecule has 4 aromatic rings. The van der Waals surface area contributed by atoms with Crippen LogP contribution in [0.2, 0.25) is 5.02 Å². The number of imide groups is 2. The van der Waals surface area contributed by atoms with E-state index in [1.807, 2.05) is 24.3 Å². The molecule has 50 heavy (non-hydrogen) atoms. The van der Waals surface area contributed by atoms with E-state index in [-0.39, 0.29) is 35.0 Å². The second kappa shape index (κ2) is 11.0. The Balaban J connectivity index is 1.30. The van der Waals surface area contributed by atoms with E-state index in [1.165, 1.54) is 24.3 Å². The summed E-state index contributed by atoms with van der Waals surface area (Å²) < 4.78 is 14.2. The summed E-state index contributed by atoms with van der Waals surface area (Å²) >= 11 is 6.09. The predicted octanol–water partition coefficient (Wildman–Crippen LogP) is 6.18. The molecule has 4 aliphatic rings. The Labute approximate surface area is 289 Å². The van der Waals surface area contributed by atoms with Gasteiger partial charge in [-0.05, 0) is 72.9 Å². The molecule has 6 atom stereocenters. The van der Waals surface area contributed by atoms with Crippen molar-refractivity contribution < 1.29 is 43.7 Å². The van der Waals surface area contributed by atoms with Crippen molar-refractivity contribution in [1.29, 1.82) is 0 Å². The second-order valence-corrected chi connectivity index (χ2v) is 13.9. The molecule has 4 amide bonds. The number of allylic oxidation sites excluding steroid dienone is 2. The van der Waals surface area contributed by atoms with Gasteiger partial charge >= 0.3 is 5.97 Å². The van der Waals surface area contributed by atoms with Crippen molar-refractivity contribution in [2.75, 3.05) is 9.80 Å². The van der Waals surface area contributed by atoms with Crippen LogP contribution in [0.15, 0.2) is 84.4 Å². The van der Waals surface area contributed by atoms with Crippen LogP contribution in [0.1, 0.15) is 41.6 Å². The van der Waals surface area contributed by atoms with E-state index in [0.717, 1.165) is 33.4 Å². The lowest BCUT2D eigenvalue weighted by molar-refractivity contribution is -0.131. The highest BCUT2D eigenvalue weighted by molar-refractivity contribution is 6.32. The highest BCUT2D eigenvalue weighted by atomic mass is 35.5. The topological polar surface area (TPSA) is 153 Å². The lowest BCUT2D eigenvalue weighted by Gasteiger charge is -2.49. The zero-order valence-electron chi connectivity index (χ0n) is 26.3. The van der Waals surface area contributed by atoms with Gasteiger partial charge in [0.15, 0.2) is 0 Å². The monoisotopic (exact) mass is 694 g/mol. The fourth-order valence-electron chi connectivity index (χ4n) is 8.88. The van der Waals surface area contributed by atoms with Gasteiger partial charge in [-0.3, -0.25) is 19.2 Å². The molecule has 2 aliphatic carbocycles. The molecular weight excluding hydrogens is 667 g/mol. The van der Waals surface area contributed by atoms with Crippen LogP contribution < -0.4 is 9.80 Å². The Bertz CT molecular complexity index is 2270. The molecule has 10 nitrogen and oxygen atoms in total. The lowest BCUT2D eigenvalue weighted by Crippen LogP contribution is -2.49. The molecule has 6 unspecified atom stereocenters. The summed E-state index contributed by atoms with van der Waals surface area (Å²) in [6, 6.07) is 17.6. The van der Waals surface area contributed by atoms with Gasteiger partial charge in [0.25, 0.3) is 0 Å². The number of carbonyl (C=O) groups is 5. The van der Waals surface area contributed by atoms with Crippen molar-refractivity contribution >= 4 is 63.3 Å². The average molecular weight is 695 g/mol. The number of halogens is 2. The Hall–Kier alpha value is -5.55. The minimum Gasteiger partial charge on any atom is -0.508 e. The van der Waals surface area contributed by atoms with E-state index in [2.05, 4.69) is 0 Å². The number of fused-ring (bicyclic) bond motifs is 5. The number of aromatic hydroxyl groups is 2. The summed E-state index contributed by atoms with van der Waals surface area (Å²) in [5.74, 6) is -9.50. The number of carboxylic acids is 1. The first-order chi connectivity index (χ1) is 23.8. The van der Waals surface area contributed by atoms with Crippen molar-refractivity contribution in [2.45, 2.75) is 25.7 Å². The fourth-order valence-corrected chi connectivity index (χ4v) is 9.05. The van der Waals surface area contributed by atoms with E-state index in [0.29, 0.717) is 16.5 Å². The lowest BCUT2D eigenvalue weighted by atomic mass is 9.51. The molecule has 1 saturated carbocycles. The van der Waals surface area contributed by atoms with Crippen molar-refractivity contribution in [3.63, 3.8) is 0 Å². The number of aromatic carboxylic acids is 1. The first-order valence-electron chi connectivity index (χ1n) is 16.0. The number of phenolic OH excluding ortho intramolecular Hbond substituents is 1. The van der Waals surface area contributed by atoms with Crippen LogP contribution in [0, 0.1) is 34.9 Å². The average Bonchev–Trinajstić information content (AvgIpc) is 3.45. The number of carbonyl (C=O) groups excluding carboxylic acids is 4. The number of hydrogen-bond acceptors (Lipinski definition) is 7. The molecule has 3 N–H and O–H groups in total. The molecule has 252 valence electrons. The molecule has 2 saturated heterocycles. The van der Waals surface area contributed by atoms with Crippen LogP contribution in [-0.4, -0.2) is 44.9 Å². The molecule has 0 spiro atoms. The van der Waals surface area contributed by atoms with Crippen molar-refractivity contribution in [3.8, 4) is 11.5 Å².